The van der Waals surface area contributed by atoms with Crippen molar-refractivity contribution in [3.8, 4) is 17.1 Å². The van der Waals surface area contributed by atoms with Gasteiger partial charge in [0.15, 0.2) is 11.6 Å². The molecule has 0 aliphatic carbocycles. The van der Waals surface area contributed by atoms with Gasteiger partial charge in [-0.2, -0.15) is 0 Å². The lowest BCUT2D eigenvalue weighted by Gasteiger charge is -2.17. The molecule has 0 saturated heterocycles. The lowest BCUT2D eigenvalue weighted by atomic mass is 9.82. The first-order chi connectivity index (χ1) is 19.2. The average Bonchev–Trinajstić information content (AvgIpc) is 2.97. The standard InChI is InChI=1S/C31H23O4.ClHO4/c1-34-24-17-18-27-25(19-24)26(20-28(35-27)21-11-5-2-6-12-21)29(30(32)22-13-7-3-8-14-22)31(33)23-15-9-4-10-16-23;2-1(3,4)5/h2-20,29H,1H3;(H,2,3,4,5)/q+1;/p-1. The van der Waals surface area contributed by atoms with Gasteiger partial charge in [-0.3, -0.25) is 9.59 Å². The zero-order valence-corrected chi connectivity index (χ0v) is 21.9. The zero-order valence-electron chi connectivity index (χ0n) is 21.2. The molecule has 0 amide bonds. The number of halogens is 1. The number of benzene rings is 4. The van der Waals surface area contributed by atoms with Gasteiger partial charge in [0, 0.05) is 23.3 Å². The fourth-order valence-electron chi connectivity index (χ4n) is 4.24. The molecule has 4 aromatic carbocycles. The number of methoxy groups -OCH3 is 1. The second kappa shape index (κ2) is 12.6. The van der Waals surface area contributed by atoms with Crippen LogP contribution in [0, 0.1) is 10.2 Å². The molecule has 5 aromatic rings. The van der Waals surface area contributed by atoms with Gasteiger partial charge in [0.05, 0.1) is 18.1 Å². The highest BCUT2D eigenvalue weighted by Gasteiger charge is 2.35. The number of carbonyl (C=O) groups excluding carboxylic acids is 2. The van der Waals surface area contributed by atoms with Gasteiger partial charge in [0.1, 0.15) is 11.7 Å². The SMILES string of the molecule is COc1ccc2[o+]c(-c3ccccc3)cc(C(C(=O)c3ccccc3)C(=O)c3ccccc3)c2c1.[O-][Cl+3]([O-])([O-])[O-]. The van der Waals surface area contributed by atoms with Gasteiger partial charge in [-0.05, 0) is 29.8 Å². The molecule has 9 heteroatoms. The van der Waals surface area contributed by atoms with E-state index in [2.05, 4.69) is 0 Å². The maximum atomic E-state index is 13.9. The Balaban J connectivity index is 0.000000681. The number of ether oxygens (including phenoxy) is 1. The van der Waals surface area contributed by atoms with Crippen molar-refractivity contribution >= 4 is 22.5 Å². The summed E-state index contributed by atoms with van der Waals surface area (Å²) in [6, 6.07) is 34.7. The van der Waals surface area contributed by atoms with Crippen LogP contribution >= 0.6 is 0 Å². The summed E-state index contributed by atoms with van der Waals surface area (Å²) < 4.78 is 45.7. The first-order valence-electron chi connectivity index (χ1n) is 12.0. The Morgan fingerprint density at radius 2 is 1.18 bits per heavy atom. The van der Waals surface area contributed by atoms with Crippen LogP contribution in [0.25, 0.3) is 22.3 Å². The van der Waals surface area contributed by atoms with Crippen LogP contribution in [0.1, 0.15) is 32.2 Å². The number of fused-ring (bicyclic) bond motifs is 1. The van der Waals surface area contributed by atoms with Gasteiger partial charge < -0.3 is 4.74 Å². The second-order valence-electron chi connectivity index (χ2n) is 8.57. The third-order valence-corrected chi connectivity index (χ3v) is 6.01. The minimum atomic E-state index is -4.94. The Hall–Kier alpha value is -4.44. The van der Waals surface area contributed by atoms with Crippen LogP contribution in [0.5, 0.6) is 5.75 Å². The number of Topliss-reactive ketones (excluding diaryl/α,β-unsaturated/α-hetero) is 2. The number of hydrogen-bond acceptors (Lipinski definition) is 7. The molecule has 202 valence electrons. The predicted octanol–water partition coefficient (Wildman–Crippen LogP) is 2.48. The van der Waals surface area contributed by atoms with E-state index in [9.17, 15) is 9.59 Å². The van der Waals surface area contributed by atoms with Crippen molar-refractivity contribution in [2.24, 2.45) is 0 Å². The van der Waals surface area contributed by atoms with E-state index >= 15 is 0 Å². The Labute approximate surface area is 232 Å². The maximum absolute atomic E-state index is 13.9. The number of ketones is 2. The van der Waals surface area contributed by atoms with E-state index in [1.165, 1.54) is 0 Å². The van der Waals surface area contributed by atoms with E-state index in [4.69, 9.17) is 27.8 Å². The van der Waals surface area contributed by atoms with Crippen LogP contribution in [-0.2, 0) is 0 Å². The van der Waals surface area contributed by atoms with E-state index in [1.807, 2.05) is 54.6 Å². The molecular weight excluding hydrogens is 536 g/mol. The van der Waals surface area contributed by atoms with E-state index in [-0.39, 0.29) is 11.6 Å². The molecule has 1 aromatic heterocycles. The highest BCUT2D eigenvalue weighted by atomic mass is 35.7. The summed E-state index contributed by atoms with van der Waals surface area (Å²) in [6.45, 7) is 0. The van der Waals surface area contributed by atoms with E-state index in [1.54, 1.807) is 67.8 Å². The van der Waals surface area contributed by atoms with Crippen LogP contribution in [0.4, 0.5) is 0 Å². The van der Waals surface area contributed by atoms with Crippen LogP contribution in [-0.4, -0.2) is 18.7 Å². The minimum absolute atomic E-state index is 0.270. The van der Waals surface area contributed by atoms with Crippen LogP contribution < -0.4 is 23.4 Å². The normalized spacial score (nSPS) is 11.1. The summed E-state index contributed by atoms with van der Waals surface area (Å²) in [5.41, 5.74) is 2.94. The Kier molecular flexibility index (Phi) is 9.00. The molecule has 5 rings (SSSR count). The summed E-state index contributed by atoms with van der Waals surface area (Å²) in [7, 11) is -3.36. The molecule has 0 spiro atoms. The van der Waals surface area contributed by atoms with Crippen molar-refractivity contribution in [3.05, 3.63) is 132 Å². The summed E-state index contributed by atoms with van der Waals surface area (Å²) in [5, 5.41) is 0.655. The highest BCUT2D eigenvalue weighted by molar-refractivity contribution is 6.21. The van der Waals surface area contributed by atoms with E-state index in [0.717, 1.165) is 5.56 Å². The van der Waals surface area contributed by atoms with Crippen molar-refractivity contribution in [2.45, 2.75) is 5.92 Å². The predicted molar refractivity (Wildman–Crippen MR) is 137 cm³/mol. The second-order valence-corrected chi connectivity index (χ2v) is 9.32. The van der Waals surface area contributed by atoms with Crippen molar-refractivity contribution in [1.82, 2.24) is 0 Å². The molecule has 0 radical (unpaired) electrons. The Morgan fingerprint density at radius 3 is 1.65 bits per heavy atom. The molecule has 0 fully saturated rings. The van der Waals surface area contributed by atoms with E-state index < -0.39 is 16.2 Å². The lowest BCUT2D eigenvalue weighted by Crippen LogP contribution is -2.68. The van der Waals surface area contributed by atoms with E-state index in [0.29, 0.717) is 39.2 Å². The maximum Gasteiger partial charge on any atom is 0.361 e. The van der Waals surface area contributed by atoms with Gasteiger partial charge in [0.2, 0.25) is 0 Å². The smallest absolute Gasteiger partial charge is 0.361 e. The molecule has 1 heterocycles. The van der Waals surface area contributed by atoms with Gasteiger partial charge in [-0.25, -0.2) is 23.1 Å². The summed E-state index contributed by atoms with van der Waals surface area (Å²) in [5.74, 6) is -0.416. The molecule has 0 aliphatic heterocycles. The largest absolute Gasteiger partial charge is 0.497 e. The molecule has 8 nitrogen and oxygen atoms in total. The lowest BCUT2D eigenvalue weighted by molar-refractivity contribution is -2.00. The number of carbonyl (C=O) groups is 2. The van der Waals surface area contributed by atoms with Gasteiger partial charge in [0.25, 0.3) is 0 Å². The molecule has 0 N–H and O–H groups in total. The number of hydrogen-bond donors (Lipinski definition) is 0. The third kappa shape index (κ3) is 7.15. The quantitative estimate of drug-likeness (QED) is 0.168. The van der Waals surface area contributed by atoms with Crippen LogP contribution in [0.15, 0.2) is 120 Å². The molecular formula is C31H23ClO8. The van der Waals surface area contributed by atoms with Crippen molar-refractivity contribution in [1.29, 1.82) is 0 Å². The van der Waals surface area contributed by atoms with Crippen molar-refractivity contribution < 1.29 is 47.6 Å². The average molecular weight is 559 g/mol. The van der Waals surface area contributed by atoms with Gasteiger partial charge in [-0.1, -0.05) is 78.9 Å². The Morgan fingerprint density at radius 1 is 0.700 bits per heavy atom. The summed E-state index contributed by atoms with van der Waals surface area (Å²) in [4.78, 5) is 27.8. The first-order valence-corrected chi connectivity index (χ1v) is 13.2. The summed E-state index contributed by atoms with van der Waals surface area (Å²) >= 11 is 0. The highest BCUT2D eigenvalue weighted by Crippen LogP contribution is 2.37. The van der Waals surface area contributed by atoms with Crippen LogP contribution in [0.2, 0.25) is 0 Å². The van der Waals surface area contributed by atoms with Crippen LogP contribution in [0.3, 0.4) is 0 Å². The molecule has 40 heavy (non-hydrogen) atoms. The molecule has 0 unspecified atom stereocenters. The first kappa shape index (κ1) is 28.6. The minimum Gasteiger partial charge on any atom is -0.497 e. The van der Waals surface area contributed by atoms with Crippen molar-refractivity contribution in [2.75, 3.05) is 7.11 Å². The monoisotopic (exact) mass is 558 g/mol. The number of rotatable bonds is 7. The molecule has 0 atom stereocenters. The fourth-order valence-corrected chi connectivity index (χ4v) is 4.24. The fraction of sp³-hybridized carbons (Fsp3) is 0.0645. The van der Waals surface area contributed by atoms with Crippen molar-refractivity contribution in [3.63, 3.8) is 0 Å². The Bertz CT molecular complexity index is 1540. The molecule has 0 bridgehead atoms. The van der Waals surface area contributed by atoms with Gasteiger partial charge >= 0.3 is 11.3 Å². The third-order valence-electron chi connectivity index (χ3n) is 6.01. The zero-order chi connectivity index (χ0) is 28.7. The summed E-state index contributed by atoms with van der Waals surface area (Å²) in [6.07, 6.45) is 0. The van der Waals surface area contributed by atoms with Gasteiger partial charge in [-0.15, -0.1) is 10.2 Å². The topological polar surface area (TPSA) is 147 Å². The molecule has 0 saturated carbocycles. The molecule has 0 aliphatic rings.